The third kappa shape index (κ3) is 6.10. The van der Waals surface area contributed by atoms with Crippen molar-refractivity contribution in [2.24, 2.45) is 0 Å². The van der Waals surface area contributed by atoms with Gasteiger partial charge in [-0.1, -0.05) is 0 Å². The van der Waals surface area contributed by atoms with E-state index in [1.807, 2.05) is 6.07 Å². The third-order valence-electron chi connectivity index (χ3n) is 5.64. The van der Waals surface area contributed by atoms with Gasteiger partial charge in [-0.15, -0.1) is 0 Å². The van der Waals surface area contributed by atoms with Gasteiger partial charge in [0.1, 0.15) is 37.1 Å². The van der Waals surface area contributed by atoms with Crippen molar-refractivity contribution in [3.63, 3.8) is 0 Å². The largest absolute Gasteiger partial charge is 0.463 e. The molecular formula is C22H27NO13. The summed E-state index contributed by atoms with van der Waals surface area (Å²) in [7, 11) is 0. The molecule has 3 fully saturated rings. The smallest absolute Gasteiger partial charge is 0.303 e. The summed E-state index contributed by atoms with van der Waals surface area (Å²) in [6, 6.07) is 2.02. The zero-order valence-electron chi connectivity index (χ0n) is 20.3. The Kier molecular flexibility index (Phi) is 8.17. The van der Waals surface area contributed by atoms with Crippen LogP contribution in [0.25, 0.3) is 0 Å². The summed E-state index contributed by atoms with van der Waals surface area (Å²) in [4.78, 5) is 58.6. The molecule has 3 rings (SSSR count). The van der Waals surface area contributed by atoms with Gasteiger partial charge in [0.25, 0.3) is 0 Å². The Morgan fingerprint density at radius 3 is 1.89 bits per heavy atom. The lowest BCUT2D eigenvalue weighted by Gasteiger charge is -2.45. The molecule has 0 unspecified atom stereocenters. The van der Waals surface area contributed by atoms with Crippen molar-refractivity contribution in [3.05, 3.63) is 0 Å². The number of nitriles is 1. The fraction of sp³-hybridized carbons (Fsp3) is 0.727. The number of nitrogens with zero attached hydrogens (tertiary/aromatic N) is 1. The zero-order chi connectivity index (χ0) is 26.8. The fourth-order valence-corrected chi connectivity index (χ4v) is 4.38. The first-order valence-electron chi connectivity index (χ1n) is 11.1. The highest BCUT2D eigenvalue weighted by Crippen LogP contribution is 2.50. The second kappa shape index (κ2) is 10.8. The predicted octanol–water partition coefficient (Wildman–Crippen LogP) is -0.549. The van der Waals surface area contributed by atoms with Crippen molar-refractivity contribution in [2.75, 3.05) is 6.61 Å². The number of epoxide rings is 1. The van der Waals surface area contributed by atoms with Crippen LogP contribution >= 0.6 is 0 Å². The molecule has 198 valence electrons. The molecule has 0 amide bonds. The highest BCUT2D eigenvalue weighted by molar-refractivity contribution is 5.69. The molecule has 0 aromatic carbocycles. The average Bonchev–Trinajstić information content (AvgIpc) is 3.50. The maximum atomic E-state index is 11.9. The standard InChI is InChI=1S/C22H27NO13/c1-9(24)29-7-15-16(31-11(3)26)18(32-12(4)27)19(33-13(5)28)21(34-15)36-22(8-23)6-14(30-10(2)25)17-20(22)35-17/h14-21H,6-7H2,1-5H3/t14-,15-,16-,17-,18+,19-,20-,21+,22-/m1/s1. The molecule has 9 atom stereocenters. The van der Waals surface area contributed by atoms with Crippen LogP contribution in [0.3, 0.4) is 0 Å². The van der Waals surface area contributed by atoms with E-state index in [1.54, 1.807) is 0 Å². The van der Waals surface area contributed by atoms with Gasteiger partial charge in [-0.3, -0.25) is 24.0 Å². The molecule has 14 nitrogen and oxygen atoms in total. The lowest BCUT2D eigenvalue weighted by Crippen LogP contribution is -2.64. The summed E-state index contributed by atoms with van der Waals surface area (Å²) in [5, 5.41) is 10.0. The number of hydrogen-bond acceptors (Lipinski definition) is 14. The first-order chi connectivity index (χ1) is 16.9. The van der Waals surface area contributed by atoms with E-state index in [0.717, 1.165) is 27.7 Å². The van der Waals surface area contributed by atoms with Crippen LogP contribution in [0.1, 0.15) is 41.0 Å². The van der Waals surface area contributed by atoms with Crippen LogP contribution in [0.4, 0.5) is 0 Å². The monoisotopic (exact) mass is 513 g/mol. The Bertz CT molecular complexity index is 960. The second-order valence-corrected chi connectivity index (χ2v) is 8.56. The zero-order valence-corrected chi connectivity index (χ0v) is 20.3. The lowest BCUT2D eigenvalue weighted by molar-refractivity contribution is -0.327. The van der Waals surface area contributed by atoms with E-state index in [1.165, 1.54) is 6.92 Å². The summed E-state index contributed by atoms with van der Waals surface area (Å²) in [6.45, 7) is 5.17. The van der Waals surface area contributed by atoms with Gasteiger partial charge >= 0.3 is 29.8 Å². The number of esters is 5. The molecule has 0 bridgehead atoms. The molecule has 2 heterocycles. The van der Waals surface area contributed by atoms with E-state index in [-0.39, 0.29) is 6.42 Å². The van der Waals surface area contributed by atoms with Crippen molar-refractivity contribution in [2.45, 2.75) is 95.7 Å². The quantitative estimate of drug-likeness (QED) is 0.228. The minimum Gasteiger partial charge on any atom is -0.463 e. The van der Waals surface area contributed by atoms with Crippen LogP contribution in [-0.2, 0) is 61.9 Å². The molecule has 0 radical (unpaired) electrons. The Balaban J connectivity index is 1.96. The number of ether oxygens (including phenoxy) is 8. The predicted molar refractivity (Wildman–Crippen MR) is 110 cm³/mol. The Morgan fingerprint density at radius 1 is 0.806 bits per heavy atom. The molecule has 36 heavy (non-hydrogen) atoms. The van der Waals surface area contributed by atoms with Crippen molar-refractivity contribution < 1.29 is 61.9 Å². The van der Waals surface area contributed by atoms with E-state index in [0.29, 0.717) is 0 Å². The van der Waals surface area contributed by atoms with Gasteiger partial charge < -0.3 is 37.9 Å². The highest BCUT2D eigenvalue weighted by Gasteiger charge is 2.70. The van der Waals surface area contributed by atoms with Crippen LogP contribution in [0.15, 0.2) is 0 Å². The van der Waals surface area contributed by atoms with Crippen molar-refractivity contribution >= 4 is 29.8 Å². The van der Waals surface area contributed by atoms with Crippen LogP contribution in [0.2, 0.25) is 0 Å². The third-order valence-corrected chi connectivity index (χ3v) is 5.64. The number of rotatable bonds is 8. The highest BCUT2D eigenvalue weighted by atomic mass is 16.8. The molecule has 2 saturated heterocycles. The Morgan fingerprint density at radius 2 is 1.36 bits per heavy atom. The average molecular weight is 513 g/mol. The van der Waals surface area contributed by atoms with Gasteiger partial charge in [0.15, 0.2) is 23.9 Å². The first kappa shape index (κ1) is 27.3. The maximum absolute atomic E-state index is 11.9. The molecule has 2 aliphatic heterocycles. The molecule has 1 saturated carbocycles. The van der Waals surface area contributed by atoms with E-state index >= 15 is 0 Å². The topological polar surface area (TPSA) is 186 Å². The summed E-state index contributed by atoms with van der Waals surface area (Å²) < 4.78 is 43.6. The first-order valence-corrected chi connectivity index (χ1v) is 11.1. The summed E-state index contributed by atoms with van der Waals surface area (Å²) in [5.41, 5.74) is -1.69. The van der Waals surface area contributed by atoms with Crippen molar-refractivity contribution in [3.8, 4) is 6.07 Å². The van der Waals surface area contributed by atoms with Crippen LogP contribution in [-0.4, -0.2) is 91.1 Å². The van der Waals surface area contributed by atoms with E-state index in [2.05, 4.69) is 0 Å². The van der Waals surface area contributed by atoms with Crippen molar-refractivity contribution in [1.82, 2.24) is 0 Å². The summed E-state index contributed by atoms with van der Waals surface area (Å²) in [5.74, 6) is -3.65. The molecule has 0 aromatic rings. The van der Waals surface area contributed by atoms with Crippen LogP contribution < -0.4 is 0 Å². The van der Waals surface area contributed by atoms with Gasteiger partial charge in [-0.2, -0.15) is 5.26 Å². The molecule has 0 N–H and O–H groups in total. The molecular weight excluding hydrogens is 486 g/mol. The Hall–Kier alpha value is -3.28. The SMILES string of the molecule is CC(=O)OC[C@H]1O[C@@H](O[C@@]2(C#N)C[C@@H](OC(C)=O)[C@H]3O[C@H]32)[C@H](OC(C)=O)[C@@H](OC(C)=O)[C@@H]1OC(C)=O. The van der Waals surface area contributed by atoms with Gasteiger partial charge in [0, 0.05) is 41.0 Å². The minimum absolute atomic E-state index is 0.0781. The van der Waals surface area contributed by atoms with Gasteiger partial charge in [-0.25, -0.2) is 0 Å². The number of carbonyl (C=O) groups excluding carboxylic acids is 5. The van der Waals surface area contributed by atoms with E-state index in [9.17, 15) is 29.2 Å². The van der Waals surface area contributed by atoms with E-state index in [4.69, 9.17) is 37.9 Å². The van der Waals surface area contributed by atoms with Crippen LogP contribution in [0, 0.1) is 11.3 Å². The number of fused-ring (bicyclic) bond motifs is 1. The minimum atomic E-state index is -1.69. The van der Waals surface area contributed by atoms with Crippen LogP contribution in [0.5, 0.6) is 0 Å². The molecule has 0 spiro atoms. The van der Waals surface area contributed by atoms with Gasteiger partial charge in [0.2, 0.25) is 6.29 Å². The molecule has 1 aliphatic carbocycles. The summed E-state index contributed by atoms with van der Waals surface area (Å²) in [6.07, 6.45) is -9.33. The van der Waals surface area contributed by atoms with E-state index < -0.39 is 91.1 Å². The normalized spacial score (nSPS) is 36.4. The van der Waals surface area contributed by atoms with Gasteiger partial charge in [-0.05, 0) is 0 Å². The maximum Gasteiger partial charge on any atom is 0.303 e. The lowest BCUT2D eigenvalue weighted by atomic mass is 9.97. The number of carbonyl (C=O) groups is 5. The molecule has 3 aliphatic rings. The fourth-order valence-electron chi connectivity index (χ4n) is 4.38. The number of hydrogen-bond donors (Lipinski definition) is 0. The molecule has 0 aromatic heterocycles. The van der Waals surface area contributed by atoms with Gasteiger partial charge in [0.05, 0.1) is 0 Å². The second-order valence-electron chi connectivity index (χ2n) is 8.56. The Labute approximate surface area is 205 Å². The molecule has 14 heteroatoms. The van der Waals surface area contributed by atoms with Crippen molar-refractivity contribution in [1.29, 1.82) is 5.26 Å². The summed E-state index contributed by atoms with van der Waals surface area (Å²) >= 11 is 0.